The number of hydrogen-bond donors (Lipinski definition) is 2. The average Bonchev–Trinajstić information content (AvgIpc) is 3.35. The van der Waals surface area contributed by atoms with E-state index >= 15 is 4.39 Å². The number of methoxy groups -OCH3 is 1. The van der Waals surface area contributed by atoms with Crippen LogP contribution in [0.4, 0.5) is 4.39 Å². The number of nitrogens with one attached hydrogen (secondary N) is 2. The van der Waals surface area contributed by atoms with E-state index in [0.717, 1.165) is 22.5 Å². The van der Waals surface area contributed by atoms with Gasteiger partial charge in [0.15, 0.2) is 6.61 Å². The molecule has 1 fully saturated rings. The number of carbonyl (C=O) groups excluding carboxylic acids is 3. The first-order valence-corrected chi connectivity index (χ1v) is 16.3. The molecule has 2 atom stereocenters. The monoisotopic (exact) mass is 669 g/mol. The second kappa shape index (κ2) is 14.4. The van der Waals surface area contributed by atoms with Crippen molar-refractivity contribution in [3.8, 4) is 28.4 Å². The van der Waals surface area contributed by atoms with Crippen LogP contribution in [0.5, 0.6) is 17.2 Å². The molecule has 256 valence electrons. The number of rotatable bonds is 4. The van der Waals surface area contributed by atoms with Crippen molar-refractivity contribution in [1.29, 1.82) is 0 Å². The lowest BCUT2D eigenvalue weighted by Gasteiger charge is -2.39. The molecule has 3 aromatic carbocycles. The highest BCUT2D eigenvalue weighted by Crippen LogP contribution is 2.29. The first-order valence-electron chi connectivity index (χ1n) is 16.3. The van der Waals surface area contributed by atoms with Gasteiger partial charge in [-0.15, -0.1) is 0 Å². The molecule has 1 aromatic heterocycles. The summed E-state index contributed by atoms with van der Waals surface area (Å²) >= 11 is 0. The molecule has 4 heterocycles. The number of ether oxygens (including phenoxy) is 3. The lowest BCUT2D eigenvalue weighted by atomic mass is 9.98. The number of carbonyl (C=O) groups is 3. The molecule has 0 saturated carbocycles. The molecule has 3 amide bonds. The molecule has 49 heavy (non-hydrogen) atoms. The van der Waals surface area contributed by atoms with Crippen molar-refractivity contribution in [2.24, 2.45) is 7.05 Å². The largest absolute Gasteiger partial charge is 0.496 e. The summed E-state index contributed by atoms with van der Waals surface area (Å²) in [7, 11) is 3.41. The third kappa shape index (κ3) is 7.53. The topological polar surface area (TPSA) is 124 Å². The third-order valence-corrected chi connectivity index (χ3v) is 9.24. The quantitative estimate of drug-likeness (QED) is 0.333. The molecule has 3 aliphatic rings. The van der Waals surface area contributed by atoms with Crippen molar-refractivity contribution in [2.45, 2.75) is 51.8 Å². The van der Waals surface area contributed by atoms with Crippen LogP contribution in [0.15, 0.2) is 60.7 Å². The van der Waals surface area contributed by atoms with Crippen molar-refractivity contribution in [3.63, 3.8) is 0 Å². The minimum absolute atomic E-state index is 0.0508. The fourth-order valence-electron chi connectivity index (χ4n) is 6.41. The summed E-state index contributed by atoms with van der Waals surface area (Å²) in [6.07, 6.45) is 0.733. The van der Waals surface area contributed by atoms with Crippen molar-refractivity contribution in [3.05, 3.63) is 94.6 Å². The van der Waals surface area contributed by atoms with E-state index in [1.807, 2.05) is 31.6 Å². The van der Waals surface area contributed by atoms with E-state index in [1.165, 1.54) is 19.2 Å². The van der Waals surface area contributed by atoms with Crippen molar-refractivity contribution >= 4 is 17.7 Å². The fraction of sp³-hybridized carbons (Fsp3) is 0.351. The van der Waals surface area contributed by atoms with Gasteiger partial charge in [0.2, 0.25) is 5.91 Å². The number of amides is 3. The Hall–Kier alpha value is -5.39. The molecule has 12 heteroatoms. The molecule has 7 rings (SSSR count). The maximum Gasteiger partial charge on any atom is 0.258 e. The van der Waals surface area contributed by atoms with Crippen LogP contribution < -0.4 is 24.8 Å². The van der Waals surface area contributed by atoms with Crippen LogP contribution in [-0.2, 0) is 29.6 Å². The molecule has 2 N–H and O–H groups in total. The van der Waals surface area contributed by atoms with Gasteiger partial charge in [0, 0.05) is 56.8 Å². The molecule has 4 aromatic rings. The Balaban J connectivity index is 1.30. The highest BCUT2D eigenvalue weighted by molar-refractivity contribution is 5.96. The van der Waals surface area contributed by atoms with Gasteiger partial charge in [-0.3, -0.25) is 19.1 Å². The summed E-state index contributed by atoms with van der Waals surface area (Å²) < 4.78 is 34.8. The van der Waals surface area contributed by atoms with Gasteiger partial charge in [0.05, 0.1) is 24.4 Å². The van der Waals surface area contributed by atoms with E-state index in [4.69, 9.17) is 14.2 Å². The zero-order chi connectivity index (χ0) is 34.7. The van der Waals surface area contributed by atoms with Gasteiger partial charge >= 0.3 is 0 Å². The Morgan fingerprint density at radius 3 is 2.65 bits per heavy atom. The van der Waals surface area contributed by atoms with Crippen LogP contribution in [0.25, 0.3) is 11.1 Å². The number of nitrogens with zero attached hydrogens (tertiary/aromatic N) is 3. The number of halogens is 1. The van der Waals surface area contributed by atoms with E-state index in [2.05, 4.69) is 15.7 Å². The third-order valence-electron chi connectivity index (χ3n) is 9.24. The Labute approximate surface area is 284 Å². The number of benzene rings is 3. The first-order chi connectivity index (χ1) is 23.6. The molecule has 0 spiro atoms. The van der Waals surface area contributed by atoms with Crippen LogP contribution >= 0.6 is 0 Å². The van der Waals surface area contributed by atoms with Crippen molar-refractivity contribution < 1.29 is 33.0 Å². The predicted octanol–water partition coefficient (Wildman–Crippen LogP) is 4.27. The Kier molecular flexibility index (Phi) is 9.84. The highest BCUT2D eigenvalue weighted by atomic mass is 19.1. The Bertz CT molecular complexity index is 1890. The summed E-state index contributed by atoms with van der Waals surface area (Å²) in [5.74, 6) is -0.240. The van der Waals surface area contributed by atoms with E-state index in [1.54, 1.807) is 47.4 Å². The van der Waals surface area contributed by atoms with Crippen LogP contribution in [0, 0.1) is 19.7 Å². The van der Waals surface area contributed by atoms with Crippen molar-refractivity contribution in [2.75, 3.05) is 26.8 Å². The zero-order valence-electron chi connectivity index (χ0n) is 28.0. The lowest BCUT2D eigenvalue weighted by Crippen LogP contribution is -2.58. The van der Waals surface area contributed by atoms with Crippen LogP contribution in [-0.4, -0.2) is 71.4 Å². The summed E-state index contributed by atoms with van der Waals surface area (Å²) in [5.41, 5.74) is 4.83. The van der Waals surface area contributed by atoms with Gasteiger partial charge in [0.1, 0.15) is 29.2 Å². The highest BCUT2D eigenvalue weighted by Gasteiger charge is 2.35. The number of hydrogen-bond acceptors (Lipinski definition) is 7. The number of aryl methyl sites for hydroxylation is 2. The van der Waals surface area contributed by atoms with Gasteiger partial charge in [0.25, 0.3) is 11.8 Å². The van der Waals surface area contributed by atoms with Crippen molar-refractivity contribution in [1.82, 2.24) is 25.3 Å². The Morgan fingerprint density at radius 1 is 1.06 bits per heavy atom. The molecule has 3 aliphatic heterocycles. The number of fused-ring (bicyclic) bond motifs is 7. The SMILES string of the molecule is COc1cc2ccc1CNC(=O)COc1cccc(c1)-c1ccc(F)c(c1)C(=O)N[C@@H]1CN(C(=O)CCc3c(C)nn(C)c3C)CC[C@@H]1O2. The van der Waals surface area contributed by atoms with E-state index in [9.17, 15) is 14.4 Å². The summed E-state index contributed by atoms with van der Waals surface area (Å²) in [6, 6.07) is 16.0. The summed E-state index contributed by atoms with van der Waals surface area (Å²) in [6.45, 7) is 4.52. The fourth-order valence-corrected chi connectivity index (χ4v) is 6.41. The number of likely N-dealkylation sites (tertiary alicyclic amines) is 1. The van der Waals surface area contributed by atoms with Crippen LogP contribution in [0.2, 0.25) is 0 Å². The second-order valence-corrected chi connectivity index (χ2v) is 12.4. The van der Waals surface area contributed by atoms with Gasteiger partial charge in [-0.2, -0.15) is 5.10 Å². The zero-order valence-corrected chi connectivity index (χ0v) is 28.0. The van der Waals surface area contributed by atoms with Crippen LogP contribution in [0.3, 0.4) is 0 Å². The molecular formula is C37H40FN5O6. The summed E-state index contributed by atoms with van der Waals surface area (Å²) in [5, 5.41) is 10.3. The minimum Gasteiger partial charge on any atom is -0.496 e. The second-order valence-electron chi connectivity index (χ2n) is 12.4. The van der Waals surface area contributed by atoms with E-state index in [0.29, 0.717) is 47.8 Å². The maximum atomic E-state index is 15.2. The lowest BCUT2D eigenvalue weighted by molar-refractivity contribution is -0.133. The number of piperidine rings is 1. The van der Waals surface area contributed by atoms with E-state index < -0.39 is 23.9 Å². The molecule has 0 radical (unpaired) electrons. The number of aromatic nitrogens is 2. The molecule has 6 bridgehead atoms. The van der Waals surface area contributed by atoms with Gasteiger partial charge in [-0.25, -0.2) is 4.39 Å². The average molecular weight is 670 g/mol. The summed E-state index contributed by atoms with van der Waals surface area (Å²) in [4.78, 5) is 41.6. The van der Waals surface area contributed by atoms with Gasteiger partial charge < -0.3 is 29.7 Å². The predicted molar refractivity (Wildman–Crippen MR) is 180 cm³/mol. The first kappa shape index (κ1) is 33.5. The van der Waals surface area contributed by atoms with E-state index in [-0.39, 0.29) is 43.5 Å². The van der Waals surface area contributed by atoms with Gasteiger partial charge in [-0.05, 0) is 73.4 Å². The molecule has 0 unspecified atom stereocenters. The van der Waals surface area contributed by atoms with Crippen LogP contribution in [0.1, 0.15) is 45.7 Å². The molecular weight excluding hydrogens is 629 g/mol. The molecule has 0 aliphatic carbocycles. The normalized spacial score (nSPS) is 18.0. The standard InChI is InChI=1S/C37H40FN5O6/c1-22-29(23(2)42(3)41-22)11-13-36(45)43-15-14-33-32(20-43)40-37(46)30-17-25(9-12-31(30)38)24-6-5-7-27(16-24)48-21-35(44)39-19-26-8-10-28(49-33)18-34(26)47-4/h5-10,12,16-18,32-33H,11,13-15,19-21H2,1-4H3,(H,39,44)(H,40,46)/t32-,33+/m1/s1. The minimum atomic E-state index is -0.684. The maximum absolute atomic E-state index is 15.2. The smallest absolute Gasteiger partial charge is 0.258 e. The Morgan fingerprint density at radius 2 is 1.88 bits per heavy atom. The molecule has 1 saturated heterocycles. The molecule has 11 nitrogen and oxygen atoms in total. The van der Waals surface area contributed by atoms with Gasteiger partial charge in [-0.1, -0.05) is 18.2 Å².